The average molecular weight is 252 g/mol. The Balaban J connectivity index is 2.23. The lowest BCUT2D eigenvalue weighted by atomic mass is 9.86. The predicted octanol–water partition coefficient (Wildman–Crippen LogP) is 2.35. The molecule has 1 atom stereocenters. The minimum atomic E-state index is -1.38. The molecule has 1 aromatic carbocycles. The van der Waals surface area contributed by atoms with Gasteiger partial charge >= 0.3 is 0 Å². The summed E-state index contributed by atoms with van der Waals surface area (Å²) in [4.78, 5) is 7.95. The molecule has 0 saturated carbocycles. The van der Waals surface area contributed by atoms with Gasteiger partial charge in [0.15, 0.2) is 5.60 Å². The number of aliphatic hydroxyl groups is 1. The second-order valence-electron chi connectivity index (χ2n) is 4.18. The topological polar surface area (TPSA) is 59.2 Å². The number of furan rings is 1. The highest BCUT2D eigenvalue weighted by Crippen LogP contribution is 2.35. The van der Waals surface area contributed by atoms with Crippen LogP contribution in [-0.2, 0) is 5.60 Å². The molecule has 4 nitrogen and oxygen atoms in total. The van der Waals surface area contributed by atoms with Crippen molar-refractivity contribution < 1.29 is 9.52 Å². The molecule has 3 aromatic rings. The zero-order chi connectivity index (χ0) is 13.1. The molecular formula is C15H12N2O2. The summed E-state index contributed by atoms with van der Waals surface area (Å²) in [5.41, 5.74) is -0.109. The Morgan fingerprint density at radius 2 is 1.63 bits per heavy atom. The Hall–Kier alpha value is -2.46. The van der Waals surface area contributed by atoms with Crippen LogP contribution in [0.15, 0.2) is 71.9 Å². The first kappa shape index (κ1) is 11.6. The SMILES string of the molecule is OC(c1ccccc1)(c1cncnc1)c1ccco1. The molecule has 0 bridgehead atoms. The fraction of sp³-hybridized carbons (Fsp3) is 0.0667. The lowest BCUT2D eigenvalue weighted by molar-refractivity contribution is 0.0982. The largest absolute Gasteiger partial charge is 0.466 e. The standard InChI is InChI=1S/C15H12N2O2/c18-15(14-7-4-8-19-14,12-5-2-1-3-6-12)13-9-16-11-17-10-13/h1-11,18H. The van der Waals surface area contributed by atoms with Crippen molar-refractivity contribution >= 4 is 0 Å². The Kier molecular flexibility index (Phi) is 2.85. The van der Waals surface area contributed by atoms with E-state index >= 15 is 0 Å². The predicted molar refractivity (Wildman–Crippen MR) is 69.3 cm³/mol. The van der Waals surface area contributed by atoms with Crippen molar-refractivity contribution in [2.24, 2.45) is 0 Å². The van der Waals surface area contributed by atoms with Gasteiger partial charge in [-0.15, -0.1) is 0 Å². The van der Waals surface area contributed by atoms with Crippen LogP contribution < -0.4 is 0 Å². The summed E-state index contributed by atoms with van der Waals surface area (Å²) in [5, 5.41) is 11.1. The van der Waals surface area contributed by atoms with Crippen molar-refractivity contribution in [3.05, 3.63) is 84.3 Å². The van der Waals surface area contributed by atoms with Gasteiger partial charge in [-0.2, -0.15) is 0 Å². The second-order valence-corrected chi connectivity index (χ2v) is 4.18. The lowest BCUT2D eigenvalue weighted by Gasteiger charge is -2.26. The Bertz CT molecular complexity index is 597. The fourth-order valence-electron chi connectivity index (χ4n) is 2.10. The van der Waals surface area contributed by atoms with E-state index in [0.29, 0.717) is 16.9 Å². The van der Waals surface area contributed by atoms with Crippen LogP contribution in [0.4, 0.5) is 0 Å². The number of aromatic nitrogens is 2. The summed E-state index contributed by atoms with van der Waals surface area (Å²) in [5.74, 6) is 0.438. The quantitative estimate of drug-likeness (QED) is 0.777. The van der Waals surface area contributed by atoms with Crippen molar-refractivity contribution in [3.63, 3.8) is 0 Å². The second kappa shape index (κ2) is 4.66. The van der Waals surface area contributed by atoms with Crippen LogP contribution in [0, 0.1) is 0 Å². The first-order valence-electron chi connectivity index (χ1n) is 5.89. The van der Waals surface area contributed by atoms with Gasteiger partial charge in [-0.25, -0.2) is 9.97 Å². The molecule has 2 aromatic heterocycles. The molecule has 0 aliphatic carbocycles. The summed E-state index contributed by atoms with van der Waals surface area (Å²) in [6, 6.07) is 12.8. The van der Waals surface area contributed by atoms with Crippen molar-refractivity contribution in [2.75, 3.05) is 0 Å². The maximum atomic E-state index is 11.1. The average Bonchev–Trinajstić information content (AvgIpc) is 3.03. The van der Waals surface area contributed by atoms with Crippen LogP contribution in [0.2, 0.25) is 0 Å². The van der Waals surface area contributed by atoms with E-state index < -0.39 is 5.60 Å². The van der Waals surface area contributed by atoms with Crippen molar-refractivity contribution in [2.45, 2.75) is 5.60 Å². The first-order valence-corrected chi connectivity index (χ1v) is 5.89. The molecule has 3 rings (SSSR count). The van der Waals surface area contributed by atoms with E-state index in [1.165, 1.54) is 12.6 Å². The minimum absolute atomic E-state index is 0.438. The van der Waals surface area contributed by atoms with E-state index in [0.717, 1.165) is 0 Å². The summed E-state index contributed by atoms with van der Waals surface area (Å²) in [6.07, 6.45) is 6.13. The van der Waals surface area contributed by atoms with Crippen molar-refractivity contribution in [1.29, 1.82) is 0 Å². The molecule has 19 heavy (non-hydrogen) atoms. The van der Waals surface area contributed by atoms with Crippen LogP contribution in [0.3, 0.4) is 0 Å². The van der Waals surface area contributed by atoms with Gasteiger partial charge in [-0.3, -0.25) is 0 Å². The van der Waals surface area contributed by atoms with Crippen LogP contribution in [0.1, 0.15) is 16.9 Å². The van der Waals surface area contributed by atoms with E-state index in [4.69, 9.17) is 4.42 Å². The fourth-order valence-corrected chi connectivity index (χ4v) is 2.10. The minimum Gasteiger partial charge on any atom is -0.466 e. The zero-order valence-electron chi connectivity index (χ0n) is 10.1. The Morgan fingerprint density at radius 3 is 2.26 bits per heavy atom. The van der Waals surface area contributed by atoms with Gasteiger partial charge in [0.05, 0.1) is 6.26 Å². The lowest BCUT2D eigenvalue weighted by Crippen LogP contribution is -2.28. The molecule has 0 amide bonds. The smallest absolute Gasteiger partial charge is 0.176 e. The zero-order valence-corrected chi connectivity index (χ0v) is 10.1. The van der Waals surface area contributed by atoms with E-state index in [2.05, 4.69) is 9.97 Å². The summed E-state index contributed by atoms with van der Waals surface area (Å²) in [6.45, 7) is 0. The highest BCUT2D eigenvalue weighted by atomic mass is 16.4. The highest BCUT2D eigenvalue weighted by molar-refractivity contribution is 5.41. The van der Waals surface area contributed by atoms with E-state index in [-0.39, 0.29) is 0 Å². The van der Waals surface area contributed by atoms with Gasteiger partial charge in [-0.05, 0) is 17.7 Å². The highest BCUT2D eigenvalue weighted by Gasteiger charge is 2.37. The van der Waals surface area contributed by atoms with Gasteiger partial charge in [0, 0.05) is 18.0 Å². The number of benzene rings is 1. The Labute approximate surface area is 110 Å². The number of hydrogen-bond acceptors (Lipinski definition) is 4. The molecule has 4 heteroatoms. The summed E-state index contributed by atoms with van der Waals surface area (Å²) >= 11 is 0. The molecule has 1 N–H and O–H groups in total. The third kappa shape index (κ3) is 1.92. The molecule has 0 aliphatic heterocycles. The van der Waals surface area contributed by atoms with Gasteiger partial charge < -0.3 is 9.52 Å². The van der Waals surface area contributed by atoms with Crippen LogP contribution in [-0.4, -0.2) is 15.1 Å². The first-order chi connectivity index (χ1) is 9.32. The van der Waals surface area contributed by atoms with Crippen LogP contribution in [0.5, 0.6) is 0 Å². The maximum Gasteiger partial charge on any atom is 0.176 e. The van der Waals surface area contributed by atoms with E-state index in [1.807, 2.05) is 30.3 Å². The van der Waals surface area contributed by atoms with Gasteiger partial charge in [0.2, 0.25) is 0 Å². The molecule has 0 aliphatic rings. The maximum absolute atomic E-state index is 11.1. The number of hydrogen-bond donors (Lipinski definition) is 1. The normalized spacial score (nSPS) is 13.9. The van der Waals surface area contributed by atoms with Gasteiger partial charge in [0.1, 0.15) is 12.1 Å². The number of rotatable bonds is 3. The third-order valence-electron chi connectivity index (χ3n) is 3.05. The molecule has 1 unspecified atom stereocenters. The number of nitrogens with zero attached hydrogens (tertiary/aromatic N) is 2. The monoisotopic (exact) mass is 252 g/mol. The summed E-state index contributed by atoms with van der Waals surface area (Å²) in [7, 11) is 0. The summed E-state index contributed by atoms with van der Waals surface area (Å²) < 4.78 is 5.40. The molecule has 0 spiro atoms. The van der Waals surface area contributed by atoms with Gasteiger partial charge in [-0.1, -0.05) is 30.3 Å². The molecule has 0 saturated heterocycles. The van der Waals surface area contributed by atoms with Crippen molar-refractivity contribution in [3.8, 4) is 0 Å². The van der Waals surface area contributed by atoms with Crippen LogP contribution in [0.25, 0.3) is 0 Å². The molecular weight excluding hydrogens is 240 g/mol. The molecule has 0 radical (unpaired) electrons. The Morgan fingerprint density at radius 1 is 0.895 bits per heavy atom. The molecule has 94 valence electrons. The van der Waals surface area contributed by atoms with Gasteiger partial charge in [0.25, 0.3) is 0 Å². The third-order valence-corrected chi connectivity index (χ3v) is 3.05. The van der Waals surface area contributed by atoms with E-state index in [1.54, 1.807) is 24.5 Å². The molecule has 2 heterocycles. The van der Waals surface area contributed by atoms with Crippen molar-refractivity contribution in [1.82, 2.24) is 9.97 Å². The molecule has 0 fully saturated rings. The van der Waals surface area contributed by atoms with Crippen LogP contribution >= 0.6 is 0 Å². The van der Waals surface area contributed by atoms with E-state index in [9.17, 15) is 5.11 Å².